The Hall–Kier alpha value is -3.25. The minimum atomic E-state index is 0.765. The average molecular weight is 442 g/mol. The van der Waals surface area contributed by atoms with Gasteiger partial charge in [-0.25, -0.2) is 4.98 Å². The lowest BCUT2D eigenvalue weighted by Gasteiger charge is -2.20. The van der Waals surface area contributed by atoms with Gasteiger partial charge >= 0.3 is 0 Å². The molecule has 0 bridgehead atoms. The zero-order valence-electron chi connectivity index (χ0n) is 15.5. The smallest absolute Gasteiger partial charge is 0.186 e. The summed E-state index contributed by atoms with van der Waals surface area (Å²) in [7, 11) is 0. The summed E-state index contributed by atoms with van der Waals surface area (Å²) < 4.78 is 2.85. The van der Waals surface area contributed by atoms with Gasteiger partial charge in [-0.1, -0.05) is 63.6 Å². The van der Waals surface area contributed by atoms with Crippen LogP contribution < -0.4 is 4.90 Å². The molecule has 3 heterocycles. The van der Waals surface area contributed by atoms with Crippen molar-refractivity contribution in [3.05, 3.63) is 82.8 Å². The fraction of sp³-hybridized carbons (Fsp3) is 0.0870. The predicted molar refractivity (Wildman–Crippen MR) is 119 cm³/mol. The van der Waals surface area contributed by atoms with Crippen molar-refractivity contribution in [2.24, 2.45) is 0 Å². The molecule has 3 aromatic carbocycles. The van der Waals surface area contributed by atoms with E-state index in [0.717, 1.165) is 51.1 Å². The molecule has 0 spiro atoms. The zero-order valence-corrected chi connectivity index (χ0v) is 17.0. The van der Waals surface area contributed by atoms with Crippen LogP contribution in [-0.4, -0.2) is 26.4 Å². The first-order valence-electron chi connectivity index (χ1n) is 9.55. The summed E-state index contributed by atoms with van der Waals surface area (Å²) in [6.07, 6.45) is 1.02. The standard InChI is InChI=1S/C23H16BrN5/c24-17-8-5-7-16(14-17)21-23-25-22(28-13-12-15-6-1-3-10-19(15)28)18-9-2-4-11-20(18)29(23)27-26-21/h1-11,14H,12-13H2. The first-order chi connectivity index (χ1) is 14.3. The Bertz CT molecular complexity index is 1390. The SMILES string of the molecule is Brc1cccc(-c2nnn3c2nc(N2CCc4ccccc42)c2ccccc23)c1. The molecule has 0 N–H and O–H groups in total. The van der Waals surface area contributed by atoms with Gasteiger partial charge in [-0.3, -0.25) is 0 Å². The highest BCUT2D eigenvalue weighted by molar-refractivity contribution is 9.10. The summed E-state index contributed by atoms with van der Waals surface area (Å²) in [5.41, 5.74) is 6.13. The largest absolute Gasteiger partial charge is 0.325 e. The van der Waals surface area contributed by atoms with Gasteiger partial charge < -0.3 is 4.90 Å². The highest BCUT2D eigenvalue weighted by atomic mass is 79.9. The molecule has 5 nitrogen and oxygen atoms in total. The molecule has 5 aromatic rings. The van der Waals surface area contributed by atoms with Crippen molar-refractivity contribution in [1.29, 1.82) is 0 Å². The number of benzene rings is 3. The van der Waals surface area contributed by atoms with Crippen LogP contribution in [0.5, 0.6) is 0 Å². The highest BCUT2D eigenvalue weighted by Gasteiger charge is 2.25. The Morgan fingerprint density at radius 1 is 0.897 bits per heavy atom. The van der Waals surface area contributed by atoms with Crippen molar-refractivity contribution in [3.8, 4) is 11.3 Å². The highest BCUT2D eigenvalue weighted by Crippen LogP contribution is 2.38. The predicted octanol–water partition coefficient (Wildman–Crippen LogP) is 5.40. The molecule has 0 amide bonds. The van der Waals surface area contributed by atoms with Crippen LogP contribution in [0.4, 0.5) is 11.5 Å². The van der Waals surface area contributed by atoms with E-state index in [0.29, 0.717) is 0 Å². The van der Waals surface area contributed by atoms with Crippen LogP contribution in [0.1, 0.15) is 5.56 Å². The van der Waals surface area contributed by atoms with Gasteiger partial charge in [0.15, 0.2) is 5.65 Å². The molecule has 0 saturated heterocycles. The Kier molecular flexibility index (Phi) is 3.67. The molecular weight excluding hydrogens is 426 g/mol. The van der Waals surface area contributed by atoms with Crippen molar-refractivity contribution in [3.63, 3.8) is 0 Å². The second kappa shape index (κ2) is 6.39. The third-order valence-electron chi connectivity index (χ3n) is 5.47. The quantitative estimate of drug-likeness (QED) is 0.367. The van der Waals surface area contributed by atoms with E-state index in [2.05, 4.69) is 67.5 Å². The van der Waals surface area contributed by atoms with E-state index in [1.807, 2.05) is 40.9 Å². The van der Waals surface area contributed by atoms with Crippen molar-refractivity contribution in [2.75, 3.05) is 11.4 Å². The fourth-order valence-electron chi connectivity index (χ4n) is 4.13. The van der Waals surface area contributed by atoms with E-state index < -0.39 is 0 Å². The molecule has 6 heteroatoms. The number of nitrogens with zero attached hydrogens (tertiary/aromatic N) is 5. The van der Waals surface area contributed by atoms with E-state index in [9.17, 15) is 0 Å². The molecule has 0 aliphatic carbocycles. The summed E-state index contributed by atoms with van der Waals surface area (Å²) in [6.45, 7) is 0.917. The third-order valence-corrected chi connectivity index (χ3v) is 5.97. The summed E-state index contributed by atoms with van der Waals surface area (Å²) in [6, 6.07) is 24.9. The van der Waals surface area contributed by atoms with Gasteiger partial charge in [0.2, 0.25) is 0 Å². The van der Waals surface area contributed by atoms with E-state index in [4.69, 9.17) is 4.98 Å². The number of anilines is 2. The molecular formula is C23H16BrN5. The van der Waals surface area contributed by atoms with Crippen LogP contribution in [0.25, 0.3) is 27.8 Å². The van der Waals surface area contributed by atoms with E-state index >= 15 is 0 Å². The number of hydrogen-bond donors (Lipinski definition) is 0. The van der Waals surface area contributed by atoms with Crippen molar-refractivity contribution >= 4 is 44.0 Å². The van der Waals surface area contributed by atoms with Crippen LogP contribution in [-0.2, 0) is 6.42 Å². The van der Waals surface area contributed by atoms with Crippen LogP contribution in [0, 0.1) is 0 Å². The first kappa shape index (κ1) is 16.7. The second-order valence-electron chi connectivity index (χ2n) is 7.17. The molecule has 0 fully saturated rings. The van der Waals surface area contributed by atoms with Crippen molar-refractivity contribution in [2.45, 2.75) is 6.42 Å². The van der Waals surface area contributed by atoms with Gasteiger partial charge in [0, 0.05) is 27.7 Å². The minimum Gasteiger partial charge on any atom is -0.325 e. The Morgan fingerprint density at radius 2 is 1.76 bits per heavy atom. The van der Waals surface area contributed by atoms with E-state index in [1.165, 1.54) is 11.3 Å². The summed E-state index contributed by atoms with van der Waals surface area (Å²) >= 11 is 3.55. The lowest BCUT2D eigenvalue weighted by Crippen LogP contribution is -2.16. The second-order valence-corrected chi connectivity index (χ2v) is 8.08. The Labute approximate surface area is 175 Å². The molecule has 0 radical (unpaired) electrons. The van der Waals surface area contributed by atoms with Gasteiger partial charge in [-0.15, -0.1) is 5.10 Å². The lowest BCUT2D eigenvalue weighted by atomic mass is 10.1. The topological polar surface area (TPSA) is 46.3 Å². The third kappa shape index (κ3) is 2.56. The molecule has 2 aromatic heterocycles. The zero-order chi connectivity index (χ0) is 19.4. The van der Waals surface area contributed by atoms with Crippen LogP contribution >= 0.6 is 15.9 Å². The molecule has 6 rings (SSSR count). The molecule has 1 aliphatic heterocycles. The average Bonchev–Trinajstić information content (AvgIpc) is 3.37. The minimum absolute atomic E-state index is 0.765. The van der Waals surface area contributed by atoms with Crippen molar-refractivity contribution < 1.29 is 0 Å². The van der Waals surface area contributed by atoms with E-state index in [1.54, 1.807) is 0 Å². The van der Waals surface area contributed by atoms with Crippen LogP contribution in [0.15, 0.2) is 77.3 Å². The van der Waals surface area contributed by atoms with Crippen molar-refractivity contribution in [1.82, 2.24) is 19.8 Å². The number of para-hydroxylation sites is 2. The monoisotopic (exact) mass is 441 g/mol. The summed E-state index contributed by atoms with van der Waals surface area (Å²) in [5, 5.41) is 9.99. The molecule has 0 unspecified atom stereocenters. The van der Waals surface area contributed by atoms with Crippen LogP contribution in [0.3, 0.4) is 0 Å². The summed E-state index contributed by atoms with van der Waals surface area (Å²) in [4.78, 5) is 7.41. The summed E-state index contributed by atoms with van der Waals surface area (Å²) in [5.74, 6) is 0.955. The number of aromatic nitrogens is 4. The van der Waals surface area contributed by atoms with Gasteiger partial charge in [0.1, 0.15) is 11.5 Å². The maximum absolute atomic E-state index is 5.10. The van der Waals surface area contributed by atoms with Gasteiger partial charge in [0.05, 0.1) is 5.52 Å². The number of rotatable bonds is 2. The van der Waals surface area contributed by atoms with Gasteiger partial charge in [-0.05, 0) is 42.3 Å². The van der Waals surface area contributed by atoms with Gasteiger partial charge in [0.25, 0.3) is 0 Å². The maximum atomic E-state index is 5.10. The fourth-order valence-corrected chi connectivity index (χ4v) is 4.53. The molecule has 0 atom stereocenters. The van der Waals surface area contributed by atoms with E-state index in [-0.39, 0.29) is 0 Å². The maximum Gasteiger partial charge on any atom is 0.186 e. The first-order valence-corrected chi connectivity index (χ1v) is 10.3. The molecule has 29 heavy (non-hydrogen) atoms. The Balaban J connectivity index is 1.65. The number of hydrogen-bond acceptors (Lipinski definition) is 4. The Morgan fingerprint density at radius 3 is 2.69 bits per heavy atom. The normalized spacial score (nSPS) is 13.3. The lowest BCUT2D eigenvalue weighted by molar-refractivity contribution is 0.873. The molecule has 1 aliphatic rings. The number of fused-ring (bicyclic) bond motifs is 4. The molecule has 0 saturated carbocycles. The molecule has 140 valence electrons. The van der Waals surface area contributed by atoms with Gasteiger partial charge in [-0.2, -0.15) is 4.52 Å². The number of halogens is 1. The van der Waals surface area contributed by atoms with Crippen LogP contribution in [0.2, 0.25) is 0 Å².